The lowest BCUT2D eigenvalue weighted by Gasteiger charge is -2.13. The molecule has 0 aromatic heterocycles. The van der Waals surface area contributed by atoms with Crippen molar-refractivity contribution in [3.8, 4) is 5.75 Å². The van der Waals surface area contributed by atoms with Gasteiger partial charge in [0.1, 0.15) is 11.9 Å². The van der Waals surface area contributed by atoms with Crippen molar-refractivity contribution < 1.29 is 4.74 Å². The largest absolute Gasteiger partial charge is 0.489 e. The van der Waals surface area contributed by atoms with Gasteiger partial charge in [-0.15, -0.1) is 0 Å². The highest BCUT2D eigenvalue weighted by molar-refractivity contribution is 9.10. The first-order valence-electron chi connectivity index (χ1n) is 4.85. The molecule has 2 nitrogen and oxygen atoms in total. The molecule has 1 aliphatic rings. The fourth-order valence-electron chi connectivity index (χ4n) is 1.72. The van der Waals surface area contributed by atoms with E-state index in [1.54, 1.807) is 0 Å². The summed E-state index contributed by atoms with van der Waals surface area (Å²) in [6.07, 6.45) is 1.48. The number of likely N-dealkylation sites (N-methyl/N-ethyl adjacent to an activating group) is 1. The standard InChI is InChI=1S/C11H14BrNO/c1-13-6-5-11(8-13)14-10-4-2-3-9(12)7-10/h2-4,7,11H,5-6,8H2,1H3. The van der Waals surface area contributed by atoms with E-state index in [1.807, 2.05) is 24.3 Å². The topological polar surface area (TPSA) is 12.5 Å². The van der Waals surface area contributed by atoms with Gasteiger partial charge >= 0.3 is 0 Å². The van der Waals surface area contributed by atoms with Crippen LogP contribution in [-0.2, 0) is 0 Å². The van der Waals surface area contributed by atoms with Gasteiger partial charge < -0.3 is 9.64 Å². The second-order valence-electron chi connectivity index (χ2n) is 3.75. The Morgan fingerprint density at radius 3 is 3.00 bits per heavy atom. The zero-order chi connectivity index (χ0) is 9.97. The smallest absolute Gasteiger partial charge is 0.120 e. The fraction of sp³-hybridized carbons (Fsp3) is 0.455. The molecule has 1 heterocycles. The van der Waals surface area contributed by atoms with Crippen molar-refractivity contribution in [1.82, 2.24) is 4.90 Å². The van der Waals surface area contributed by atoms with Crippen molar-refractivity contribution in [1.29, 1.82) is 0 Å². The van der Waals surface area contributed by atoms with Gasteiger partial charge in [0.15, 0.2) is 0 Å². The van der Waals surface area contributed by atoms with Crippen LogP contribution in [0.2, 0.25) is 0 Å². The van der Waals surface area contributed by atoms with E-state index in [2.05, 4.69) is 27.9 Å². The van der Waals surface area contributed by atoms with Crippen LogP contribution in [0, 0.1) is 0 Å². The number of benzene rings is 1. The van der Waals surface area contributed by atoms with Crippen molar-refractivity contribution in [2.24, 2.45) is 0 Å². The summed E-state index contributed by atoms with van der Waals surface area (Å²) in [7, 11) is 2.13. The highest BCUT2D eigenvalue weighted by atomic mass is 79.9. The molecule has 0 aliphatic carbocycles. The first-order chi connectivity index (χ1) is 6.74. The fourth-order valence-corrected chi connectivity index (χ4v) is 2.10. The van der Waals surface area contributed by atoms with Crippen molar-refractivity contribution in [3.63, 3.8) is 0 Å². The average Bonchev–Trinajstić information content (AvgIpc) is 2.51. The molecule has 1 saturated heterocycles. The highest BCUT2D eigenvalue weighted by Crippen LogP contribution is 2.21. The number of ether oxygens (including phenoxy) is 1. The number of rotatable bonds is 2. The summed E-state index contributed by atoms with van der Waals surface area (Å²) in [5.74, 6) is 0.958. The quantitative estimate of drug-likeness (QED) is 0.806. The highest BCUT2D eigenvalue weighted by Gasteiger charge is 2.20. The lowest BCUT2D eigenvalue weighted by Crippen LogP contribution is -2.21. The van der Waals surface area contributed by atoms with Gasteiger partial charge in [0.2, 0.25) is 0 Å². The molecule has 0 radical (unpaired) electrons. The van der Waals surface area contributed by atoms with Crippen LogP contribution in [0.4, 0.5) is 0 Å². The second kappa shape index (κ2) is 4.32. The van der Waals surface area contributed by atoms with Gasteiger partial charge in [-0.25, -0.2) is 0 Å². The van der Waals surface area contributed by atoms with Crippen molar-refractivity contribution in [3.05, 3.63) is 28.7 Å². The zero-order valence-electron chi connectivity index (χ0n) is 8.24. The Labute approximate surface area is 93.0 Å². The molecular formula is C11H14BrNO. The predicted octanol–water partition coefficient (Wildman–Crippen LogP) is 2.53. The Kier molecular flexibility index (Phi) is 3.08. The van der Waals surface area contributed by atoms with Crippen LogP contribution in [0.1, 0.15) is 6.42 Å². The third kappa shape index (κ3) is 2.49. The summed E-state index contributed by atoms with van der Waals surface area (Å²) in [6.45, 7) is 2.17. The second-order valence-corrected chi connectivity index (χ2v) is 4.66. The van der Waals surface area contributed by atoms with E-state index in [1.165, 1.54) is 0 Å². The van der Waals surface area contributed by atoms with E-state index in [-0.39, 0.29) is 0 Å². The summed E-state index contributed by atoms with van der Waals surface area (Å²) >= 11 is 3.43. The predicted molar refractivity (Wildman–Crippen MR) is 60.7 cm³/mol. The summed E-state index contributed by atoms with van der Waals surface area (Å²) in [6, 6.07) is 8.02. The van der Waals surface area contributed by atoms with Crippen LogP contribution in [0.25, 0.3) is 0 Å². The lowest BCUT2D eigenvalue weighted by molar-refractivity contribution is 0.208. The number of hydrogen-bond acceptors (Lipinski definition) is 2. The first kappa shape index (κ1) is 9.99. The molecule has 0 amide bonds. The minimum atomic E-state index is 0.356. The van der Waals surface area contributed by atoms with Gasteiger partial charge in [-0.3, -0.25) is 0 Å². The maximum Gasteiger partial charge on any atom is 0.120 e. The Balaban J connectivity index is 1.97. The van der Waals surface area contributed by atoms with Crippen LogP contribution in [0.3, 0.4) is 0 Å². The maximum atomic E-state index is 5.85. The van der Waals surface area contributed by atoms with E-state index >= 15 is 0 Å². The molecule has 2 rings (SSSR count). The number of nitrogens with zero attached hydrogens (tertiary/aromatic N) is 1. The van der Waals surface area contributed by atoms with Crippen LogP contribution in [0.5, 0.6) is 5.75 Å². The SMILES string of the molecule is CN1CCC(Oc2cccc(Br)c2)C1. The third-order valence-corrected chi connectivity index (χ3v) is 2.94. The molecule has 3 heteroatoms. The Morgan fingerprint density at radius 1 is 1.50 bits per heavy atom. The van der Waals surface area contributed by atoms with E-state index in [0.29, 0.717) is 6.10 Å². The van der Waals surface area contributed by atoms with E-state index < -0.39 is 0 Å². The minimum Gasteiger partial charge on any atom is -0.489 e. The molecule has 0 saturated carbocycles. The van der Waals surface area contributed by atoms with Gasteiger partial charge in [0.05, 0.1) is 0 Å². The summed E-state index contributed by atoms with van der Waals surface area (Å²) in [5.41, 5.74) is 0. The van der Waals surface area contributed by atoms with Gasteiger partial charge in [0, 0.05) is 17.6 Å². The lowest BCUT2D eigenvalue weighted by atomic mass is 10.3. The number of hydrogen-bond donors (Lipinski definition) is 0. The number of halogens is 1. The molecule has 1 aromatic carbocycles. The van der Waals surface area contributed by atoms with Crippen molar-refractivity contribution in [2.45, 2.75) is 12.5 Å². The van der Waals surface area contributed by atoms with Crippen molar-refractivity contribution in [2.75, 3.05) is 20.1 Å². The minimum absolute atomic E-state index is 0.356. The number of likely N-dealkylation sites (tertiary alicyclic amines) is 1. The Hall–Kier alpha value is -0.540. The third-order valence-electron chi connectivity index (χ3n) is 2.45. The van der Waals surface area contributed by atoms with Crippen molar-refractivity contribution >= 4 is 15.9 Å². The van der Waals surface area contributed by atoms with Gasteiger partial charge in [-0.05, 0) is 31.7 Å². The van der Waals surface area contributed by atoms with Gasteiger partial charge in [-0.1, -0.05) is 22.0 Å². The normalized spacial score (nSPS) is 22.6. The first-order valence-corrected chi connectivity index (χ1v) is 5.64. The molecule has 1 aliphatic heterocycles. The van der Waals surface area contributed by atoms with Gasteiger partial charge in [0.25, 0.3) is 0 Å². The average molecular weight is 256 g/mol. The summed E-state index contributed by atoms with van der Waals surface area (Å²) in [5, 5.41) is 0. The monoisotopic (exact) mass is 255 g/mol. The van der Waals surface area contributed by atoms with Crippen LogP contribution < -0.4 is 4.74 Å². The van der Waals surface area contributed by atoms with Crippen LogP contribution >= 0.6 is 15.9 Å². The molecule has 1 unspecified atom stereocenters. The molecule has 1 fully saturated rings. The molecule has 76 valence electrons. The molecular weight excluding hydrogens is 242 g/mol. The van der Waals surface area contributed by atoms with Crippen LogP contribution in [0.15, 0.2) is 28.7 Å². The Bertz CT molecular complexity index is 316. The molecule has 1 atom stereocenters. The van der Waals surface area contributed by atoms with E-state index in [9.17, 15) is 0 Å². The summed E-state index contributed by atoms with van der Waals surface area (Å²) in [4.78, 5) is 2.29. The molecule has 14 heavy (non-hydrogen) atoms. The molecule has 0 spiro atoms. The van der Waals surface area contributed by atoms with Gasteiger partial charge in [-0.2, -0.15) is 0 Å². The Morgan fingerprint density at radius 2 is 2.36 bits per heavy atom. The van der Waals surface area contributed by atoms with E-state index in [0.717, 1.165) is 29.7 Å². The zero-order valence-corrected chi connectivity index (χ0v) is 9.83. The molecule has 0 N–H and O–H groups in total. The maximum absolute atomic E-state index is 5.85. The summed E-state index contributed by atoms with van der Waals surface area (Å²) < 4.78 is 6.93. The molecule has 1 aromatic rings. The van der Waals surface area contributed by atoms with Crippen LogP contribution in [-0.4, -0.2) is 31.1 Å². The molecule has 0 bridgehead atoms. The van der Waals surface area contributed by atoms with E-state index in [4.69, 9.17) is 4.74 Å².